The van der Waals surface area contributed by atoms with Crippen molar-refractivity contribution < 1.29 is 0 Å². The molecule has 0 amide bonds. The first-order valence-corrected chi connectivity index (χ1v) is 3.14. The van der Waals surface area contributed by atoms with Crippen molar-refractivity contribution in [3.05, 3.63) is 5.92 Å². The zero-order chi connectivity index (χ0) is 7.11. The summed E-state index contributed by atoms with van der Waals surface area (Å²) in [4.78, 5) is 0. The second-order valence-electron chi connectivity index (χ2n) is 1.87. The molecule has 0 aromatic carbocycles. The Morgan fingerprint density at radius 2 is 1.89 bits per heavy atom. The minimum Gasteiger partial charge on any atom is -0.118 e. The van der Waals surface area contributed by atoms with Gasteiger partial charge in [-0.2, -0.15) is 0 Å². The molecule has 0 aliphatic carbocycles. The summed E-state index contributed by atoms with van der Waals surface area (Å²) in [5, 5.41) is 0. The number of unbranched alkanes of at least 4 members (excludes halogenated alkanes) is 1. The third-order valence-electron chi connectivity index (χ3n) is 1.13. The van der Waals surface area contributed by atoms with Gasteiger partial charge in [0.05, 0.1) is 0 Å². The molecule has 0 heterocycles. The molecular formula is C9H11. The van der Waals surface area contributed by atoms with Crippen molar-refractivity contribution in [2.24, 2.45) is 0 Å². The van der Waals surface area contributed by atoms with E-state index in [1.807, 2.05) is 0 Å². The molecule has 0 aliphatic rings. The Morgan fingerprint density at radius 3 is 2.22 bits per heavy atom. The van der Waals surface area contributed by atoms with Crippen molar-refractivity contribution >= 4 is 0 Å². The quantitative estimate of drug-likeness (QED) is 0.498. The number of hydrogen-bond donors (Lipinski definition) is 0. The highest BCUT2D eigenvalue weighted by molar-refractivity contribution is 5.33. The fraction of sp³-hybridized carbons (Fsp3) is 0.444. The molecule has 1 radical (unpaired) electrons. The van der Waals surface area contributed by atoms with Crippen LogP contribution in [-0.2, 0) is 0 Å². The molecule has 0 aliphatic heterocycles. The van der Waals surface area contributed by atoms with Gasteiger partial charge < -0.3 is 0 Å². The van der Waals surface area contributed by atoms with Crippen LogP contribution >= 0.6 is 0 Å². The maximum atomic E-state index is 5.09. The van der Waals surface area contributed by atoms with Crippen LogP contribution in [0, 0.1) is 30.6 Å². The molecule has 0 nitrogen and oxygen atoms in total. The van der Waals surface area contributed by atoms with E-state index in [1.54, 1.807) is 0 Å². The van der Waals surface area contributed by atoms with Crippen molar-refractivity contribution in [2.75, 3.05) is 0 Å². The largest absolute Gasteiger partial charge is 0.119 e. The smallest absolute Gasteiger partial charge is 0.118 e. The van der Waals surface area contributed by atoms with Crippen LogP contribution in [0.1, 0.15) is 26.2 Å². The summed E-state index contributed by atoms with van der Waals surface area (Å²) in [7, 11) is 0. The van der Waals surface area contributed by atoms with Crippen LogP contribution in [-0.4, -0.2) is 0 Å². The molecule has 0 unspecified atom stereocenters. The van der Waals surface area contributed by atoms with Crippen molar-refractivity contribution in [3.8, 4) is 24.7 Å². The highest BCUT2D eigenvalue weighted by Gasteiger charge is 1.97. The van der Waals surface area contributed by atoms with Gasteiger partial charge in [-0.3, -0.25) is 0 Å². The highest BCUT2D eigenvalue weighted by Crippen LogP contribution is 2.06. The molecule has 0 saturated heterocycles. The number of hydrogen-bond acceptors (Lipinski definition) is 0. The summed E-state index contributed by atoms with van der Waals surface area (Å²) < 4.78 is 0. The van der Waals surface area contributed by atoms with E-state index >= 15 is 0 Å². The number of rotatable bonds is 3. The molecule has 0 N–H and O–H groups in total. The van der Waals surface area contributed by atoms with E-state index < -0.39 is 0 Å². The molecular weight excluding hydrogens is 108 g/mol. The second-order valence-corrected chi connectivity index (χ2v) is 1.87. The molecule has 0 bridgehead atoms. The Kier molecular flexibility index (Phi) is 4.75. The Morgan fingerprint density at radius 1 is 1.33 bits per heavy atom. The fourth-order valence-corrected chi connectivity index (χ4v) is 0.540. The van der Waals surface area contributed by atoms with Crippen LogP contribution in [0.5, 0.6) is 0 Å². The minimum absolute atomic E-state index is 0.789. The molecule has 0 rings (SSSR count). The van der Waals surface area contributed by atoms with Crippen molar-refractivity contribution in [3.63, 3.8) is 0 Å². The average molecular weight is 119 g/mol. The van der Waals surface area contributed by atoms with Gasteiger partial charge in [0.1, 0.15) is 5.92 Å². The van der Waals surface area contributed by atoms with Crippen molar-refractivity contribution in [1.29, 1.82) is 0 Å². The zero-order valence-corrected chi connectivity index (χ0v) is 5.78. The van der Waals surface area contributed by atoms with Gasteiger partial charge in [-0.1, -0.05) is 31.6 Å². The van der Waals surface area contributed by atoms with E-state index in [1.165, 1.54) is 0 Å². The lowest BCUT2D eigenvalue weighted by Gasteiger charge is -1.96. The van der Waals surface area contributed by atoms with Gasteiger partial charge in [-0.25, -0.2) is 0 Å². The third kappa shape index (κ3) is 3.68. The third-order valence-corrected chi connectivity index (χ3v) is 1.13. The first-order valence-electron chi connectivity index (χ1n) is 3.14. The first-order chi connectivity index (χ1) is 4.35. The van der Waals surface area contributed by atoms with Gasteiger partial charge >= 0.3 is 0 Å². The topological polar surface area (TPSA) is 0 Å². The van der Waals surface area contributed by atoms with Gasteiger partial charge in [0.2, 0.25) is 0 Å². The Labute approximate surface area is 57.7 Å². The van der Waals surface area contributed by atoms with Crippen LogP contribution in [0.4, 0.5) is 0 Å². The lowest BCUT2D eigenvalue weighted by Crippen LogP contribution is -1.87. The summed E-state index contributed by atoms with van der Waals surface area (Å²) in [6.45, 7) is 2.12. The van der Waals surface area contributed by atoms with Crippen LogP contribution in [0.2, 0.25) is 0 Å². The molecule has 0 spiro atoms. The van der Waals surface area contributed by atoms with Gasteiger partial charge in [0.15, 0.2) is 0 Å². The second kappa shape index (κ2) is 5.26. The highest BCUT2D eigenvalue weighted by atomic mass is 14.0. The average Bonchev–Trinajstić information content (AvgIpc) is 1.91. The Hall–Kier alpha value is -0.880. The fourth-order valence-electron chi connectivity index (χ4n) is 0.540. The van der Waals surface area contributed by atoms with Gasteiger partial charge in [0.25, 0.3) is 0 Å². The van der Waals surface area contributed by atoms with Gasteiger partial charge in [-0.05, 0) is 6.42 Å². The van der Waals surface area contributed by atoms with Gasteiger partial charge in [-0.15, -0.1) is 12.8 Å². The summed E-state index contributed by atoms with van der Waals surface area (Å²) in [5.41, 5.74) is 0. The lowest BCUT2D eigenvalue weighted by molar-refractivity contribution is 0.778. The van der Waals surface area contributed by atoms with E-state index in [9.17, 15) is 0 Å². The molecule has 0 aromatic rings. The van der Waals surface area contributed by atoms with E-state index in [2.05, 4.69) is 18.8 Å². The first kappa shape index (κ1) is 8.12. The van der Waals surface area contributed by atoms with E-state index in [0.717, 1.165) is 25.2 Å². The molecule has 9 heavy (non-hydrogen) atoms. The summed E-state index contributed by atoms with van der Waals surface area (Å²) in [5.74, 6) is 5.72. The molecule has 0 fully saturated rings. The van der Waals surface area contributed by atoms with E-state index in [0.29, 0.717) is 0 Å². The van der Waals surface area contributed by atoms with E-state index in [4.69, 9.17) is 12.8 Å². The summed E-state index contributed by atoms with van der Waals surface area (Å²) in [6, 6.07) is 0. The Balaban J connectivity index is 3.38. The zero-order valence-electron chi connectivity index (χ0n) is 5.78. The monoisotopic (exact) mass is 119 g/mol. The summed E-state index contributed by atoms with van der Waals surface area (Å²) >= 11 is 0. The normalized spacial score (nSPS) is 8.44. The summed E-state index contributed by atoms with van der Waals surface area (Å²) in [6.07, 6.45) is 13.3. The lowest BCUT2D eigenvalue weighted by atomic mass is 10.0. The predicted molar refractivity (Wildman–Crippen MR) is 40.4 cm³/mol. The van der Waals surface area contributed by atoms with Crippen molar-refractivity contribution in [1.82, 2.24) is 0 Å². The number of terminal acetylenes is 2. The molecule has 0 atom stereocenters. The predicted octanol–water partition coefficient (Wildman–Crippen LogP) is 2.02. The molecule has 0 saturated carbocycles. The van der Waals surface area contributed by atoms with Gasteiger partial charge in [0, 0.05) is 0 Å². The van der Waals surface area contributed by atoms with Crippen molar-refractivity contribution in [2.45, 2.75) is 26.2 Å². The SMILES string of the molecule is C#C[C](C#C)CCCC. The van der Waals surface area contributed by atoms with Crippen LogP contribution in [0.3, 0.4) is 0 Å². The Bertz CT molecular complexity index is 117. The molecule has 47 valence electrons. The van der Waals surface area contributed by atoms with Crippen LogP contribution < -0.4 is 0 Å². The molecule has 0 aromatic heterocycles. The minimum atomic E-state index is 0.789. The van der Waals surface area contributed by atoms with Crippen LogP contribution in [0.15, 0.2) is 0 Å². The van der Waals surface area contributed by atoms with E-state index in [-0.39, 0.29) is 0 Å². The maximum absolute atomic E-state index is 5.09. The molecule has 0 heteroatoms. The standard InChI is InChI=1S/C9H11/c1-4-7-8-9(5-2)6-3/h2-3H,4,7-8H2,1H3. The maximum Gasteiger partial charge on any atom is 0.119 e. The van der Waals surface area contributed by atoms with Crippen LogP contribution in [0.25, 0.3) is 0 Å².